The highest BCUT2D eigenvalue weighted by Gasteiger charge is 2.24. The van der Waals surface area contributed by atoms with Crippen molar-refractivity contribution in [3.05, 3.63) is 58.4 Å². The smallest absolute Gasteiger partial charge is 0.269 e. The van der Waals surface area contributed by atoms with Gasteiger partial charge >= 0.3 is 0 Å². The Morgan fingerprint density at radius 1 is 1.21 bits per heavy atom. The van der Waals surface area contributed by atoms with E-state index in [9.17, 15) is 10.1 Å². The largest absolute Gasteiger partial charge is 0.398 e. The Kier molecular flexibility index (Phi) is 5.00. The predicted octanol–water partition coefficient (Wildman–Crippen LogP) is 4.26. The second kappa shape index (κ2) is 7.59. The number of hydrogen-bond donors (Lipinski definition) is 1. The van der Waals surface area contributed by atoms with E-state index in [1.807, 2.05) is 18.3 Å². The molecule has 0 radical (unpaired) electrons. The first kappa shape index (κ1) is 18.4. The second-order valence-corrected chi connectivity index (χ2v) is 7.43. The van der Waals surface area contributed by atoms with Gasteiger partial charge in [-0.3, -0.25) is 15.0 Å². The number of anilines is 1. The number of nitro benzene ring substituents is 1. The van der Waals surface area contributed by atoms with Crippen LogP contribution in [0.25, 0.3) is 16.9 Å². The Balaban J connectivity index is 1.79. The molecule has 3 heterocycles. The number of imidazole rings is 1. The number of benzene rings is 1. The molecule has 0 spiro atoms. The summed E-state index contributed by atoms with van der Waals surface area (Å²) in [5.41, 5.74) is 10.5. The van der Waals surface area contributed by atoms with Gasteiger partial charge in [0.25, 0.3) is 5.69 Å². The molecule has 2 N–H and O–H groups in total. The van der Waals surface area contributed by atoms with E-state index in [-0.39, 0.29) is 10.6 Å². The molecule has 7 nitrogen and oxygen atoms in total. The van der Waals surface area contributed by atoms with Crippen LogP contribution >= 0.6 is 0 Å². The molecule has 0 aliphatic carbocycles. The lowest BCUT2D eigenvalue weighted by Crippen LogP contribution is -2.38. The molecule has 1 fully saturated rings. The predicted molar refractivity (Wildman–Crippen MR) is 110 cm³/mol. The molecular formula is C21H25N5O2. The minimum Gasteiger partial charge on any atom is -0.398 e. The zero-order valence-electron chi connectivity index (χ0n) is 16.0. The molecule has 28 heavy (non-hydrogen) atoms. The molecule has 0 amide bonds. The topological polar surface area (TPSA) is 89.7 Å². The van der Waals surface area contributed by atoms with Crippen molar-refractivity contribution in [3.8, 4) is 11.3 Å². The zero-order chi connectivity index (χ0) is 19.7. The van der Waals surface area contributed by atoms with Crippen LogP contribution in [0.15, 0.2) is 42.6 Å². The number of nitrogens with zero attached hydrogens (tertiary/aromatic N) is 4. The van der Waals surface area contributed by atoms with Gasteiger partial charge in [-0.1, -0.05) is 13.3 Å². The van der Waals surface area contributed by atoms with Crippen molar-refractivity contribution in [2.24, 2.45) is 0 Å². The Labute approximate surface area is 163 Å². The highest BCUT2D eigenvalue weighted by molar-refractivity contribution is 5.68. The SMILES string of the molecule is CCC1CCCCN1Cc1c(-c2ccc([N+](=O)[O-])cc2)nc2ccc(N)cn12. The summed E-state index contributed by atoms with van der Waals surface area (Å²) in [5.74, 6) is 0. The normalized spacial score (nSPS) is 17.8. The number of aromatic nitrogens is 2. The number of nitrogens with two attached hydrogens (primary N) is 1. The van der Waals surface area contributed by atoms with Crippen LogP contribution < -0.4 is 5.73 Å². The standard InChI is InChI=1S/C21H25N5O2/c1-2-17-5-3-4-12-24(17)14-19-21(15-6-9-18(10-7-15)26(27)28)23-20-11-8-16(22)13-25(19)20/h6-11,13,17H,2-5,12,14,22H2,1H3. The molecule has 146 valence electrons. The minimum absolute atomic E-state index is 0.0837. The van der Waals surface area contributed by atoms with Gasteiger partial charge in [-0.2, -0.15) is 0 Å². The van der Waals surface area contributed by atoms with E-state index in [0.717, 1.165) is 42.1 Å². The number of non-ortho nitro benzene ring substituents is 1. The molecule has 1 aromatic carbocycles. The number of pyridine rings is 1. The van der Waals surface area contributed by atoms with E-state index < -0.39 is 0 Å². The zero-order valence-corrected chi connectivity index (χ0v) is 16.0. The number of hydrogen-bond acceptors (Lipinski definition) is 5. The molecule has 1 aliphatic heterocycles. The lowest BCUT2D eigenvalue weighted by Gasteiger charge is -2.35. The summed E-state index contributed by atoms with van der Waals surface area (Å²) in [6.07, 6.45) is 6.76. The third kappa shape index (κ3) is 3.45. The van der Waals surface area contributed by atoms with Crippen molar-refractivity contribution < 1.29 is 4.92 Å². The fraction of sp³-hybridized carbons (Fsp3) is 0.381. The fourth-order valence-corrected chi connectivity index (χ4v) is 4.16. The Morgan fingerprint density at radius 2 is 2.00 bits per heavy atom. The van der Waals surface area contributed by atoms with Crippen LogP contribution in [0.5, 0.6) is 0 Å². The maximum absolute atomic E-state index is 11.0. The highest BCUT2D eigenvalue weighted by Crippen LogP contribution is 2.30. The van der Waals surface area contributed by atoms with Crippen LogP contribution in [0.1, 0.15) is 38.3 Å². The van der Waals surface area contributed by atoms with Crippen LogP contribution in [0.3, 0.4) is 0 Å². The molecule has 1 atom stereocenters. The Morgan fingerprint density at radius 3 is 2.71 bits per heavy atom. The van der Waals surface area contributed by atoms with Crippen LogP contribution in [-0.2, 0) is 6.54 Å². The maximum atomic E-state index is 11.0. The molecule has 3 aromatic rings. The first-order chi connectivity index (χ1) is 13.6. The van der Waals surface area contributed by atoms with Gasteiger partial charge in [0, 0.05) is 42.2 Å². The molecule has 1 aliphatic rings. The Bertz CT molecular complexity index is 996. The fourth-order valence-electron chi connectivity index (χ4n) is 4.16. The van der Waals surface area contributed by atoms with Crippen LogP contribution in [0, 0.1) is 10.1 Å². The summed E-state index contributed by atoms with van der Waals surface area (Å²) >= 11 is 0. The van der Waals surface area contributed by atoms with E-state index in [4.69, 9.17) is 10.7 Å². The van der Waals surface area contributed by atoms with E-state index >= 15 is 0 Å². The van der Waals surface area contributed by atoms with Gasteiger partial charge in [0.2, 0.25) is 0 Å². The van der Waals surface area contributed by atoms with Crippen molar-refractivity contribution in [2.45, 2.75) is 45.2 Å². The van der Waals surface area contributed by atoms with Crippen molar-refractivity contribution in [1.82, 2.24) is 14.3 Å². The molecule has 2 aromatic heterocycles. The van der Waals surface area contributed by atoms with Crippen LogP contribution in [0.2, 0.25) is 0 Å². The molecule has 0 bridgehead atoms. The van der Waals surface area contributed by atoms with Crippen molar-refractivity contribution in [3.63, 3.8) is 0 Å². The van der Waals surface area contributed by atoms with Crippen molar-refractivity contribution >= 4 is 17.0 Å². The quantitative estimate of drug-likeness (QED) is 0.528. The van der Waals surface area contributed by atoms with E-state index in [1.165, 1.54) is 31.4 Å². The van der Waals surface area contributed by atoms with Gasteiger partial charge in [0.1, 0.15) is 5.65 Å². The maximum Gasteiger partial charge on any atom is 0.269 e. The number of rotatable bonds is 5. The Hall–Kier alpha value is -2.93. The number of fused-ring (bicyclic) bond motifs is 1. The number of nitrogen functional groups attached to an aromatic ring is 1. The molecule has 1 unspecified atom stereocenters. The van der Waals surface area contributed by atoms with Crippen LogP contribution in [-0.4, -0.2) is 31.8 Å². The van der Waals surface area contributed by atoms with Crippen LogP contribution in [0.4, 0.5) is 11.4 Å². The summed E-state index contributed by atoms with van der Waals surface area (Å²) < 4.78 is 2.06. The first-order valence-electron chi connectivity index (χ1n) is 9.82. The molecule has 4 rings (SSSR count). The van der Waals surface area contributed by atoms with E-state index in [0.29, 0.717) is 11.7 Å². The lowest BCUT2D eigenvalue weighted by molar-refractivity contribution is -0.384. The van der Waals surface area contributed by atoms with E-state index in [2.05, 4.69) is 16.2 Å². The summed E-state index contributed by atoms with van der Waals surface area (Å²) in [6, 6.07) is 11.0. The summed E-state index contributed by atoms with van der Waals surface area (Å²) in [5, 5.41) is 11.0. The van der Waals surface area contributed by atoms with E-state index in [1.54, 1.807) is 12.1 Å². The van der Waals surface area contributed by atoms with Gasteiger partial charge in [0.15, 0.2) is 0 Å². The number of nitro groups is 1. The molecule has 1 saturated heterocycles. The van der Waals surface area contributed by atoms with Crippen molar-refractivity contribution in [1.29, 1.82) is 0 Å². The summed E-state index contributed by atoms with van der Waals surface area (Å²) in [6.45, 7) is 4.11. The van der Waals surface area contributed by atoms with Crippen molar-refractivity contribution in [2.75, 3.05) is 12.3 Å². The lowest BCUT2D eigenvalue weighted by atomic mass is 9.99. The first-order valence-corrected chi connectivity index (χ1v) is 9.82. The molecular weight excluding hydrogens is 354 g/mol. The van der Waals surface area contributed by atoms with Gasteiger partial charge in [-0.05, 0) is 50.1 Å². The summed E-state index contributed by atoms with van der Waals surface area (Å²) in [7, 11) is 0. The average molecular weight is 379 g/mol. The number of piperidine rings is 1. The minimum atomic E-state index is -0.380. The molecule has 7 heteroatoms. The second-order valence-electron chi connectivity index (χ2n) is 7.43. The van der Waals surface area contributed by atoms with Gasteiger partial charge in [0.05, 0.1) is 16.3 Å². The highest BCUT2D eigenvalue weighted by atomic mass is 16.6. The average Bonchev–Trinajstić information content (AvgIpc) is 3.06. The summed E-state index contributed by atoms with van der Waals surface area (Å²) in [4.78, 5) is 18.0. The molecule has 0 saturated carbocycles. The van der Waals surface area contributed by atoms with Gasteiger partial charge in [-0.15, -0.1) is 0 Å². The van der Waals surface area contributed by atoms with Gasteiger partial charge in [-0.25, -0.2) is 4.98 Å². The van der Waals surface area contributed by atoms with Gasteiger partial charge < -0.3 is 10.1 Å². The third-order valence-electron chi connectivity index (χ3n) is 5.67. The number of likely N-dealkylation sites (tertiary alicyclic amines) is 1. The monoisotopic (exact) mass is 379 g/mol. The third-order valence-corrected chi connectivity index (χ3v) is 5.67.